The van der Waals surface area contributed by atoms with Gasteiger partial charge in [0.05, 0.1) is 30.0 Å². The maximum Gasteiger partial charge on any atom is 0.394 e. The van der Waals surface area contributed by atoms with Crippen LogP contribution in [0.1, 0.15) is 69.2 Å². The fraction of sp³-hybridized carbons (Fsp3) is 0.533. The molecular weight excluding hydrogens is 579 g/mol. The van der Waals surface area contributed by atoms with Crippen LogP contribution in [0, 0.1) is 11.3 Å². The maximum atomic E-state index is 13.5. The lowest BCUT2D eigenvalue weighted by molar-refractivity contribution is -0.190. The molecular formula is C30H36F3N7O2S. The van der Waals surface area contributed by atoms with E-state index in [4.69, 9.17) is 9.72 Å². The van der Waals surface area contributed by atoms with E-state index in [0.29, 0.717) is 33.9 Å². The number of carbonyl (C=O) groups excluding carboxylic acids is 1. The number of anilines is 2. The zero-order chi connectivity index (χ0) is 30.2. The van der Waals surface area contributed by atoms with E-state index >= 15 is 0 Å². The van der Waals surface area contributed by atoms with Gasteiger partial charge in [0.1, 0.15) is 16.7 Å². The first-order chi connectivity index (χ1) is 20.5. The van der Waals surface area contributed by atoms with Crippen molar-refractivity contribution in [3.63, 3.8) is 0 Å². The molecule has 3 aliphatic rings. The number of hydrogen-bond acceptors (Lipinski definition) is 8. The number of alkyl halides is 3. The van der Waals surface area contributed by atoms with Crippen molar-refractivity contribution in [3.05, 3.63) is 48.3 Å². The van der Waals surface area contributed by atoms with Gasteiger partial charge in [-0.3, -0.25) is 9.52 Å². The predicted octanol–water partition coefficient (Wildman–Crippen LogP) is 6.41. The fourth-order valence-electron chi connectivity index (χ4n) is 6.10. The van der Waals surface area contributed by atoms with Crippen LogP contribution < -0.4 is 19.7 Å². The lowest BCUT2D eigenvalue weighted by Crippen LogP contribution is -2.40. The van der Waals surface area contributed by atoms with Gasteiger partial charge in [-0.05, 0) is 82.6 Å². The molecule has 13 heteroatoms. The molecule has 5 heterocycles. The molecule has 1 atom stereocenters. The van der Waals surface area contributed by atoms with E-state index in [1.165, 1.54) is 10.9 Å². The summed E-state index contributed by atoms with van der Waals surface area (Å²) in [6.45, 7) is 5.92. The number of carbonyl (C=O) groups is 1. The van der Waals surface area contributed by atoms with Gasteiger partial charge in [-0.25, -0.2) is 14.6 Å². The number of pyridine rings is 2. The van der Waals surface area contributed by atoms with Crippen molar-refractivity contribution >= 4 is 29.5 Å². The average molecular weight is 616 g/mol. The highest BCUT2D eigenvalue weighted by Gasteiger charge is 2.62. The minimum atomic E-state index is -4.21. The summed E-state index contributed by atoms with van der Waals surface area (Å²) in [5.41, 5.74) is -1.40. The monoisotopic (exact) mass is 615 g/mol. The van der Waals surface area contributed by atoms with Gasteiger partial charge in [-0.15, -0.1) is 0 Å². The number of hydrogen-bond donors (Lipinski definition) is 2. The van der Waals surface area contributed by atoms with Crippen molar-refractivity contribution < 1.29 is 22.7 Å². The smallest absolute Gasteiger partial charge is 0.394 e. The van der Waals surface area contributed by atoms with Crippen LogP contribution >= 0.6 is 11.9 Å². The molecule has 0 aromatic carbocycles. The van der Waals surface area contributed by atoms with Crippen LogP contribution in [-0.2, 0) is 0 Å². The van der Waals surface area contributed by atoms with Crippen molar-refractivity contribution in [2.45, 2.75) is 75.5 Å². The number of nitrogens with zero attached hydrogens (tertiary/aromatic N) is 5. The predicted molar refractivity (Wildman–Crippen MR) is 159 cm³/mol. The van der Waals surface area contributed by atoms with Gasteiger partial charge in [0.2, 0.25) is 0 Å². The van der Waals surface area contributed by atoms with E-state index in [1.54, 1.807) is 18.3 Å². The number of aromatic nitrogens is 4. The molecule has 3 aromatic heterocycles. The van der Waals surface area contributed by atoms with Crippen molar-refractivity contribution in [1.29, 1.82) is 0 Å². The highest BCUT2D eigenvalue weighted by molar-refractivity contribution is 7.97. The van der Waals surface area contributed by atoms with Crippen molar-refractivity contribution in [1.82, 2.24) is 24.5 Å². The van der Waals surface area contributed by atoms with Gasteiger partial charge in [-0.2, -0.15) is 18.3 Å². The van der Waals surface area contributed by atoms with Gasteiger partial charge in [-0.1, -0.05) is 12.5 Å². The van der Waals surface area contributed by atoms with Crippen molar-refractivity contribution in [3.8, 4) is 11.6 Å². The Balaban J connectivity index is 1.25. The molecule has 0 radical (unpaired) electrons. The Morgan fingerprint density at radius 1 is 1.14 bits per heavy atom. The summed E-state index contributed by atoms with van der Waals surface area (Å²) in [5.74, 6) is 2.37. The molecule has 6 rings (SSSR count). The Bertz CT molecular complexity index is 1470. The van der Waals surface area contributed by atoms with Gasteiger partial charge < -0.3 is 15.0 Å². The van der Waals surface area contributed by atoms with Crippen LogP contribution in [0.3, 0.4) is 0 Å². The number of ether oxygens (including phenoxy) is 1. The molecule has 1 amide bonds. The van der Waals surface area contributed by atoms with Gasteiger partial charge in [0.25, 0.3) is 5.91 Å². The van der Waals surface area contributed by atoms with E-state index in [9.17, 15) is 18.0 Å². The zero-order valence-electron chi connectivity index (χ0n) is 24.3. The molecule has 2 fully saturated rings. The molecule has 1 aliphatic carbocycles. The molecule has 3 aromatic rings. The summed E-state index contributed by atoms with van der Waals surface area (Å²) in [7, 11) is 0. The fourth-order valence-corrected chi connectivity index (χ4v) is 6.69. The van der Waals surface area contributed by atoms with Crippen molar-refractivity contribution in [2.75, 3.05) is 29.9 Å². The molecule has 9 nitrogen and oxygen atoms in total. The number of fused-ring (bicyclic) bond motifs is 6. The van der Waals surface area contributed by atoms with Crippen LogP contribution in [0.4, 0.5) is 24.8 Å². The lowest BCUT2D eigenvalue weighted by Gasteiger charge is -2.34. The van der Waals surface area contributed by atoms with Gasteiger partial charge >= 0.3 is 6.18 Å². The molecule has 1 saturated heterocycles. The Labute approximate surface area is 253 Å². The first-order valence-corrected chi connectivity index (χ1v) is 15.6. The summed E-state index contributed by atoms with van der Waals surface area (Å²) in [4.78, 5) is 25.3. The van der Waals surface area contributed by atoms with E-state index in [0.717, 1.165) is 56.5 Å². The van der Waals surface area contributed by atoms with Crippen LogP contribution in [0.15, 0.2) is 47.8 Å². The average Bonchev–Trinajstić information content (AvgIpc) is 3.52. The third kappa shape index (κ3) is 6.41. The molecule has 2 N–H and O–H groups in total. The highest BCUT2D eigenvalue weighted by atomic mass is 32.2. The summed E-state index contributed by atoms with van der Waals surface area (Å²) in [5, 5.41) is 8.41. The normalized spacial score (nSPS) is 21.5. The zero-order valence-corrected chi connectivity index (χ0v) is 25.1. The quantitative estimate of drug-likeness (QED) is 0.318. The molecule has 0 spiro atoms. The SMILES string of the molecule is CC1(C)CC2CCCCNc3cccc(n3)SNC(=O)c3ccc(-n4cc(OCCC5(C(F)(F)F)CC5)cn4)nc3N1C2. The van der Waals surface area contributed by atoms with Gasteiger partial charge in [0.15, 0.2) is 11.6 Å². The number of amides is 1. The van der Waals surface area contributed by atoms with Gasteiger partial charge in [0, 0.05) is 30.6 Å². The Kier molecular flexibility index (Phi) is 7.95. The molecule has 1 saturated carbocycles. The summed E-state index contributed by atoms with van der Waals surface area (Å²) >= 11 is 1.15. The molecule has 1 unspecified atom stereocenters. The maximum absolute atomic E-state index is 13.5. The topological polar surface area (TPSA) is 97.2 Å². The summed E-state index contributed by atoms with van der Waals surface area (Å²) in [6.07, 6.45) is 3.26. The van der Waals surface area contributed by atoms with E-state index in [-0.39, 0.29) is 37.3 Å². The first-order valence-electron chi connectivity index (χ1n) is 14.7. The summed E-state index contributed by atoms with van der Waals surface area (Å²) in [6, 6.07) is 9.13. The first kappa shape index (κ1) is 29.6. The number of rotatable bonds is 5. The van der Waals surface area contributed by atoms with E-state index in [1.807, 2.05) is 18.2 Å². The minimum Gasteiger partial charge on any atom is -0.490 e. The van der Waals surface area contributed by atoms with Crippen LogP contribution in [0.25, 0.3) is 5.82 Å². The third-order valence-electron chi connectivity index (χ3n) is 8.74. The van der Waals surface area contributed by atoms with Crippen LogP contribution in [0.5, 0.6) is 5.75 Å². The second-order valence-corrected chi connectivity index (χ2v) is 13.2. The standard InChI is InChI=1S/C30H36F3N7O2S/c1-28(2)16-20-6-3-4-14-34-23-7-5-8-25(36-23)43-38-27(41)22-9-10-24(37-26(22)39(28)18-20)40-19-21(17-35-40)42-15-13-29(11-12-29)30(31,32)33/h5,7-10,17,19-20H,3-4,6,11-16,18H2,1-2H3,(H,34,36)(H,38,41). The number of nitrogens with one attached hydrogen (secondary N) is 2. The summed E-state index contributed by atoms with van der Waals surface area (Å²) < 4.78 is 49.9. The Hall–Kier alpha value is -3.48. The molecule has 2 aliphatic heterocycles. The van der Waals surface area contributed by atoms with Crippen LogP contribution in [-0.4, -0.2) is 57.1 Å². The van der Waals surface area contributed by atoms with E-state index < -0.39 is 11.6 Å². The minimum absolute atomic E-state index is 0.0438. The van der Waals surface area contributed by atoms with Crippen LogP contribution in [0.2, 0.25) is 0 Å². The number of halogens is 3. The Morgan fingerprint density at radius 3 is 2.77 bits per heavy atom. The molecule has 43 heavy (non-hydrogen) atoms. The third-order valence-corrected chi connectivity index (χ3v) is 9.46. The largest absolute Gasteiger partial charge is 0.490 e. The lowest BCUT2D eigenvalue weighted by atomic mass is 9.93. The molecule has 4 bridgehead atoms. The molecule has 230 valence electrons. The Morgan fingerprint density at radius 2 is 1.98 bits per heavy atom. The second kappa shape index (κ2) is 11.5. The highest BCUT2D eigenvalue weighted by Crippen LogP contribution is 2.59. The second-order valence-electron chi connectivity index (χ2n) is 12.3. The van der Waals surface area contributed by atoms with Crippen molar-refractivity contribution in [2.24, 2.45) is 11.3 Å². The van der Waals surface area contributed by atoms with E-state index in [2.05, 4.69) is 38.9 Å².